The van der Waals surface area contributed by atoms with Crippen molar-refractivity contribution in [1.82, 2.24) is 5.32 Å². The lowest BCUT2D eigenvalue weighted by Gasteiger charge is -2.13. The Hall–Kier alpha value is -4.17. The molecule has 0 bridgehead atoms. The number of anilines is 2. The molecule has 1 heterocycles. The molecule has 0 unspecified atom stereocenters. The van der Waals surface area contributed by atoms with Crippen LogP contribution < -0.4 is 20.7 Å². The van der Waals surface area contributed by atoms with E-state index >= 15 is 0 Å². The highest BCUT2D eigenvalue weighted by Gasteiger charge is 2.14. The average Bonchev–Trinajstić information content (AvgIpc) is 3.25. The third kappa shape index (κ3) is 5.75. The summed E-state index contributed by atoms with van der Waals surface area (Å²) in [6, 6.07) is 23.5. The van der Waals surface area contributed by atoms with Crippen LogP contribution in [0.4, 0.5) is 11.4 Å². The summed E-state index contributed by atoms with van der Waals surface area (Å²) in [6.07, 6.45) is 0. The van der Waals surface area contributed by atoms with Gasteiger partial charge in [-0.1, -0.05) is 36.4 Å². The molecule has 0 aliphatic carbocycles. The van der Waals surface area contributed by atoms with Crippen LogP contribution in [-0.2, 0) is 4.79 Å². The first kappa shape index (κ1) is 22.0. The first-order chi connectivity index (χ1) is 16.0. The maximum Gasteiger partial charge on any atom is 0.291 e. The number of nitrogens with one attached hydrogen (secondary N) is 3. The maximum atomic E-state index is 12.6. The van der Waals surface area contributed by atoms with Gasteiger partial charge in [0, 0.05) is 16.8 Å². The molecule has 1 aromatic heterocycles. The topological polar surface area (TPSA) is 92.6 Å². The second-order valence-electron chi connectivity index (χ2n) is 7.24. The highest BCUT2D eigenvalue weighted by Crippen LogP contribution is 2.23. The molecule has 3 aromatic carbocycles. The summed E-state index contributed by atoms with van der Waals surface area (Å²) < 4.78 is 11.0. The molecule has 2 amide bonds. The van der Waals surface area contributed by atoms with Crippen LogP contribution in [0.25, 0.3) is 11.0 Å². The molecular weight excluding hydrogens is 438 g/mol. The summed E-state index contributed by atoms with van der Waals surface area (Å²) in [6.45, 7) is 1.70. The fourth-order valence-electron chi connectivity index (χ4n) is 3.15. The van der Waals surface area contributed by atoms with Crippen molar-refractivity contribution in [3.8, 4) is 5.75 Å². The summed E-state index contributed by atoms with van der Waals surface area (Å²) >= 11 is 5.20. The van der Waals surface area contributed by atoms with Crippen LogP contribution in [-0.4, -0.2) is 23.5 Å². The fraction of sp³-hybridized carbons (Fsp3) is 0.0800. The molecule has 3 N–H and O–H groups in total. The number of carbonyl (C=O) groups is 2. The predicted octanol–water partition coefficient (Wildman–Crippen LogP) is 4.89. The van der Waals surface area contributed by atoms with Crippen molar-refractivity contribution in [2.45, 2.75) is 6.92 Å². The Kier molecular flexibility index (Phi) is 6.66. The predicted molar refractivity (Wildman–Crippen MR) is 132 cm³/mol. The summed E-state index contributed by atoms with van der Waals surface area (Å²) in [5.74, 6) is 0.126. The summed E-state index contributed by atoms with van der Waals surface area (Å²) in [5.41, 5.74) is 2.77. The zero-order valence-electron chi connectivity index (χ0n) is 17.8. The van der Waals surface area contributed by atoms with Crippen molar-refractivity contribution in [2.24, 2.45) is 0 Å². The van der Waals surface area contributed by atoms with Crippen molar-refractivity contribution in [3.63, 3.8) is 0 Å². The maximum absolute atomic E-state index is 12.6. The van der Waals surface area contributed by atoms with Gasteiger partial charge in [-0.2, -0.15) is 0 Å². The van der Waals surface area contributed by atoms with E-state index in [-0.39, 0.29) is 29.3 Å². The quantitative estimate of drug-likeness (QED) is 0.356. The van der Waals surface area contributed by atoms with Crippen molar-refractivity contribution in [1.29, 1.82) is 0 Å². The highest BCUT2D eigenvalue weighted by molar-refractivity contribution is 7.80. The molecule has 0 atom stereocenters. The van der Waals surface area contributed by atoms with Gasteiger partial charge in [-0.25, -0.2) is 0 Å². The Morgan fingerprint density at radius 2 is 1.70 bits per heavy atom. The van der Waals surface area contributed by atoms with Gasteiger partial charge in [0.1, 0.15) is 11.3 Å². The lowest BCUT2D eigenvalue weighted by atomic mass is 10.1. The van der Waals surface area contributed by atoms with Crippen molar-refractivity contribution < 1.29 is 18.7 Å². The Bertz CT molecular complexity index is 1280. The minimum absolute atomic E-state index is 0.148. The molecule has 4 aromatic rings. The van der Waals surface area contributed by atoms with Gasteiger partial charge >= 0.3 is 0 Å². The SMILES string of the molecule is Cc1cc(NC(=S)NC(=O)COc2ccccc2)ccc1NC(=O)c1cc2ccccc2o1. The molecule has 0 radical (unpaired) electrons. The standard InChI is InChI=1S/C25H21N3O4S/c1-16-13-18(26-25(33)28-23(29)15-31-19-8-3-2-4-9-19)11-12-20(16)27-24(30)22-14-17-7-5-6-10-21(17)32-22/h2-14H,15H2,1H3,(H,27,30)(H2,26,28,29,33). The Morgan fingerprint density at radius 3 is 2.45 bits per heavy atom. The first-order valence-corrected chi connectivity index (χ1v) is 10.6. The Morgan fingerprint density at radius 1 is 0.939 bits per heavy atom. The zero-order valence-corrected chi connectivity index (χ0v) is 18.6. The fourth-order valence-corrected chi connectivity index (χ4v) is 3.38. The molecule has 4 rings (SSSR count). The number of aryl methyl sites for hydroxylation is 1. The normalized spacial score (nSPS) is 10.5. The lowest BCUT2D eigenvalue weighted by Crippen LogP contribution is -2.37. The molecule has 0 aliphatic rings. The van der Waals surface area contributed by atoms with Crippen LogP contribution in [0, 0.1) is 6.92 Å². The van der Waals surface area contributed by atoms with E-state index in [1.54, 1.807) is 30.3 Å². The van der Waals surface area contributed by atoms with Crippen LogP contribution >= 0.6 is 12.2 Å². The molecule has 7 nitrogen and oxygen atoms in total. The number of para-hydroxylation sites is 2. The van der Waals surface area contributed by atoms with E-state index in [1.807, 2.05) is 55.5 Å². The van der Waals surface area contributed by atoms with Gasteiger partial charge < -0.3 is 19.8 Å². The number of rotatable bonds is 6. The van der Waals surface area contributed by atoms with Gasteiger partial charge in [0.05, 0.1) is 0 Å². The van der Waals surface area contributed by atoms with Gasteiger partial charge in [-0.05, 0) is 67.2 Å². The summed E-state index contributed by atoms with van der Waals surface area (Å²) in [4.78, 5) is 24.6. The van der Waals surface area contributed by atoms with Crippen LogP contribution in [0.2, 0.25) is 0 Å². The molecule has 33 heavy (non-hydrogen) atoms. The number of benzene rings is 3. The Balaban J connectivity index is 1.31. The summed E-state index contributed by atoms with van der Waals surface area (Å²) in [7, 11) is 0. The van der Waals surface area contributed by atoms with Crippen molar-refractivity contribution >= 4 is 51.5 Å². The van der Waals surface area contributed by atoms with Gasteiger partial charge in [0.2, 0.25) is 0 Å². The number of fused-ring (bicyclic) bond motifs is 1. The number of ether oxygens (including phenoxy) is 1. The van der Waals surface area contributed by atoms with E-state index in [4.69, 9.17) is 21.4 Å². The number of carbonyl (C=O) groups excluding carboxylic acids is 2. The molecule has 0 saturated carbocycles. The lowest BCUT2D eigenvalue weighted by molar-refractivity contribution is -0.121. The van der Waals surface area contributed by atoms with E-state index in [2.05, 4.69) is 16.0 Å². The molecule has 8 heteroatoms. The van der Waals surface area contributed by atoms with Gasteiger partial charge in [0.25, 0.3) is 11.8 Å². The zero-order chi connectivity index (χ0) is 23.2. The number of amides is 2. The molecular formula is C25H21N3O4S. The number of hydrogen-bond donors (Lipinski definition) is 3. The number of furan rings is 1. The minimum Gasteiger partial charge on any atom is -0.484 e. The third-order valence-corrected chi connectivity index (χ3v) is 4.95. The van der Waals surface area contributed by atoms with E-state index in [0.29, 0.717) is 22.7 Å². The van der Waals surface area contributed by atoms with Crippen LogP contribution in [0.1, 0.15) is 16.1 Å². The van der Waals surface area contributed by atoms with Crippen molar-refractivity contribution in [3.05, 3.63) is 90.2 Å². The number of thiocarbonyl (C=S) groups is 1. The van der Waals surface area contributed by atoms with E-state index in [9.17, 15) is 9.59 Å². The largest absolute Gasteiger partial charge is 0.484 e. The van der Waals surface area contributed by atoms with E-state index in [1.165, 1.54) is 0 Å². The van der Waals surface area contributed by atoms with Crippen LogP contribution in [0.5, 0.6) is 5.75 Å². The Labute approximate surface area is 195 Å². The highest BCUT2D eigenvalue weighted by atomic mass is 32.1. The minimum atomic E-state index is -0.372. The molecule has 0 saturated heterocycles. The molecule has 0 fully saturated rings. The molecule has 0 spiro atoms. The van der Waals surface area contributed by atoms with Gasteiger partial charge in [-0.15, -0.1) is 0 Å². The second-order valence-corrected chi connectivity index (χ2v) is 7.64. The van der Waals surface area contributed by atoms with Gasteiger partial charge in [0.15, 0.2) is 17.5 Å². The van der Waals surface area contributed by atoms with Crippen LogP contribution in [0.3, 0.4) is 0 Å². The average molecular weight is 460 g/mol. The molecule has 166 valence electrons. The van der Waals surface area contributed by atoms with Gasteiger partial charge in [-0.3, -0.25) is 14.9 Å². The monoisotopic (exact) mass is 459 g/mol. The number of hydrogen-bond acceptors (Lipinski definition) is 5. The first-order valence-electron chi connectivity index (χ1n) is 10.2. The molecule has 0 aliphatic heterocycles. The second kappa shape index (κ2) is 9.97. The van der Waals surface area contributed by atoms with Crippen molar-refractivity contribution in [2.75, 3.05) is 17.2 Å². The van der Waals surface area contributed by atoms with E-state index < -0.39 is 0 Å². The van der Waals surface area contributed by atoms with Crippen LogP contribution in [0.15, 0.2) is 83.3 Å². The van der Waals surface area contributed by atoms with E-state index in [0.717, 1.165) is 10.9 Å². The summed E-state index contributed by atoms with van der Waals surface area (Å²) in [5, 5.41) is 9.39. The third-order valence-electron chi connectivity index (χ3n) is 4.75. The smallest absolute Gasteiger partial charge is 0.291 e.